The Morgan fingerprint density at radius 1 is 1.23 bits per heavy atom. The average Bonchev–Trinajstić information content (AvgIpc) is 3.40. The molecule has 30 heavy (non-hydrogen) atoms. The molecule has 0 N–H and O–H groups in total. The van der Waals surface area contributed by atoms with Gasteiger partial charge in [0.05, 0.1) is 24.5 Å². The van der Waals surface area contributed by atoms with Gasteiger partial charge in [-0.05, 0) is 31.2 Å². The molecule has 0 saturated carbocycles. The number of benzene rings is 2. The third-order valence-electron chi connectivity index (χ3n) is 4.65. The Hall–Kier alpha value is -3.57. The van der Waals surface area contributed by atoms with E-state index in [1.54, 1.807) is 31.4 Å². The Labute approximate surface area is 177 Å². The Bertz CT molecular complexity index is 1250. The van der Waals surface area contributed by atoms with Crippen molar-refractivity contribution in [1.29, 1.82) is 5.26 Å². The number of furan rings is 1. The lowest BCUT2D eigenvalue weighted by Crippen LogP contribution is -2.05. The maximum Gasteiger partial charge on any atom is 0.200 e. The second-order valence-corrected chi connectivity index (χ2v) is 7.38. The molecule has 0 aliphatic carbocycles. The molecule has 0 aliphatic heterocycles. The fraction of sp³-hybridized carbons (Fsp3) is 0.182. The van der Waals surface area contributed by atoms with E-state index in [0.29, 0.717) is 45.7 Å². The van der Waals surface area contributed by atoms with E-state index in [1.165, 1.54) is 11.8 Å². The standard InChI is InChI=1S/C22H18N4O3S/c1-3-26-21(19-11-16-5-4-6-18(28-2)20(16)29-19)24-25-22(26)30-13-17(27)15-9-7-14(12-23)8-10-15/h4-11H,3,13H2,1-2H3. The van der Waals surface area contributed by atoms with Crippen LogP contribution in [0, 0.1) is 11.3 Å². The Morgan fingerprint density at radius 3 is 2.73 bits per heavy atom. The highest BCUT2D eigenvalue weighted by Crippen LogP contribution is 2.33. The molecule has 0 amide bonds. The Morgan fingerprint density at radius 2 is 2.03 bits per heavy atom. The van der Waals surface area contributed by atoms with E-state index in [0.717, 1.165) is 5.39 Å². The van der Waals surface area contributed by atoms with Gasteiger partial charge in [-0.15, -0.1) is 10.2 Å². The number of ether oxygens (including phenoxy) is 1. The number of carbonyl (C=O) groups is 1. The molecule has 0 aliphatic rings. The van der Waals surface area contributed by atoms with Gasteiger partial charge in [-0.1, -0.05) is 36.0 Å². The molecule has 2 aromatic carbocycles. The first kappa shape index (κ1) is 19.7. The summed E-state index contributed by atoms with van der Waals surface area (Å²) < 4.78 is 13.3. The fourth-order valence-electron chi connectivity index (χ4n) is 3.11. The zero-order valence-corrected chi connectivity index (χ0v) is 17.3. The smallest absolute Gasteiger partial charge is 0.200 e. The van der Waals surface area contributed by atoms with Crippen LogP contribution in [0.4, 0.5) is 0 Å². The number of nitriles is 1. The first-order chi connectivity index (χ1) is 14.6. The summed E-state index contributed by atoms with van der Waals surface area (Å²) in [5, 5.41) is 19.0. The molecule has 0 atom stereocenters. The van der Waals surface area contributed by atoms with E-state index in [-0.39, 0.29) is 11.5 Å². The first-order valence-electron chi connectivity index (χ1n) is 9.31. The second-order valence-electron chi connectivity index (χ2n) is 6.44. The molecule has 0 radical (unpaired) electrons. The van der Waals surface area contributed by atoms with Crippen LogP contribution >= 0.6 is 11.8 Å². The van der Waals surface area contributed by atoms with Crippen molar-refractivity contribution in [2.24, 2.45) is 0 Å². The first-order valence-corrected chi connectivity index (χ1v) is 10.3. The van der Waals surface area contributed by atoms with Gasteiger partial charge in [-0.3, -0.25) is 9.36 Å². The van der Waals surface area contributed by atoms with Crippen molar-refractivity contribution in [2.45, 2.75) is 18.6 Å². The normalized spacial score (nSPS) is 10.8. The third kappa shape index (κ3) is 3.67. The zero-order chi connectivity index (χ0) is 21.1. The Kier molecular flexibility index (Phi) is 5.55. The van der Waals surface area contributed by atoms with Crippen LogP contribution in [-0.4, -0.2) is 33.4 Å². The predicted molar refractivity (Wildman–Crippen MR) is 114 cm³/mol. The molecule has 0 unspecified atom stereocenters. The van der Waals surface area contributed by atoms with E-state index in [9.17, 15) is 4.79 Å². The largest absolute Gasteiger partial charge is 0.493 e. The SMILES string of the molecule is CCn1c(SCC(=O)c2ccc(C#N)cc2)nnc1-c1cc2cccc(OC)c2o1. The number of aromatic nitrogens is 3. The molecule has 0 fully saturated rings. The molecule has 7 nitrogen and oxygen atoms in total. The lowest BCUT2D eigenvalue weighted by atomic mass is 10.1. The average molecular weight is 418 g/mol. The topological polar surface area (TPSA) is 93.9 Å². The number of nitrogens with zero attached hydrogens (tertiary/aromatic N) is 4. The lowest BCUT2D eigenvalue weighted by molar-refractivity contribution is 0.102. The summed E-state index contributed by atoms with van der Waals surface area (Å²) >= 11 is 1.32. The van der Waals surface area contributed by atoms with Crippen molar-refractivity contribution in [3.63, 3.8) is 0 Å². The number of methoxy groups -OCH3 is 1. The zero-order valence-electron chi connectivity index (χ0n) is 16.5. The van der Waals surface area contributed by atoms with Gasteiger partial charge in [0.25, 0.3) is 0 Å². The number of carbonyl (C=O) groups excluding carboxylic acids is 1. The maximum atomic E-state index is 12.5. The maximum absolute atomic E-state index is 12.5. The van der Waals surface area contributed by atoms with Crippen molar-refractivity contribution in [1.82, 2.24) is 14.8 Å². The molecule has 2 aromatic heterocycles. The predicted octanol–water partition coefficient (Wildman–Crippen LogP) is 4.57. The van der Waals surface area contributed by atoms with Gasteiger partial charge >= 0.3 is 0 Å². The molecular formula is C22H18N4O3S. The number of hydrogen-bond acceptors (Lipinski definition) is 7. The van der Waals surface area contributed by atoms with Crippen LogP contribution in [0.1, 0.15) is 22.8 Å². The fourth-order valence-corrected chi connectivity index (χ4v) is 4.01. The number of Topliss-reactive ketones (excluding diaryl/α,β-unsaturated/α-hetero) is 1. The van der Waals surface area contributed by atoms with E-state index in [4.69, 9.17) is 14.4 Å². The van der Waals surface area contributed by atoms with Crippen LogP contribution in [-0.2, 0) is 6.54 Å². The number of rotatable bonds is 7. The summed E-state index contributed by atoms with van der Waals surface area (Å²) in [5.74, 6) is 2.03. The quantitative estimate of drug-likeness (QED) is 0.321. The third-order valence-corrected chi connectivity index (χ3v) is 5.62. The van der Waals surface area contributed by atoms with Crippen LogP contribution in [0.15, 0.2) is 58.1 Å². The highest BCUT2D eigenvalue weighted by molar-refractivity contribution is 7.99. The van der Waals surface area contributed by atoms with E-state index < -0.39 is 0 Å². The number of hydrogen-bond donors (Lipinski definition) is 0. The molecule has 4 rings (SSSR count). The summed E-state index contributed by atoms with van der Waals surface area (Å²) in [5.41, 5.74) is 1.75. The van der Waals surface area contributed by atoms with Crippen LogP contribution in [0.2, 0.25) is 0 Å². The monoisotopic (exact) mass is 418 g/mol. The summed E-state index contributed by atoms with van der Waals surface area (Å²) in [7, 11) is 1.60. The second kappa shape index (κ2) is 8.43. The van der Waals surface area contributed by atoms with Gasteiger partial charge in [-0.25, -0.2) is 0 Å². The minimum absolute atomic E-state index is 0.0369. The van der Waals surface area contributed by atoms with E-state index in [2.05, 4.69) is 10.2 Å². The van der Waals surface area contributed by atoms with E-state index in [1.807, 2.05) is 41.8 Å². The number of ketones is 1. The number of para-hydroxylation sites is 1. The van der Waals surface area contributed by atoms with Gasteiger partial charge in [0, 0.05) is 17.5 Å². The minimum atomic E-state index is -0.0369. The van der Waals surface area contributed by atoms with Crippen molar-refractivity contribution in [3.05, 3.63) is 59.7 Å². The van der Waals surface area contributed by atoms with Crippen LogP contribution in [0.3, 0.4) is 0 Å². The summed E-state index contributed by atoms with van der Waals surface area (Å²) in [6.07, 6.45) is 0. The minimum Gasteiger partial charge on any atom is -0.493 e. The van der Waals surface area contributed by atoms with Crippen molar-refractivity contribution in [3.8, 4) is 23.4 Å². The van der Waals surface area contributed by atoms with E-state index >= 15 is 0 Å². The molecule has 150 valence electrons. The number of thioether (sulfide) groups is 1. The Balaban J connectivity index is 1.56. The highest BCUT2D eigenvalue weighted by atomic mass is 32.2. The molecule has 8 heteroatoms. The van der Waals surface area contributed by atoms with Crippen molar-refractivity contribution in [2.75, 3.05) is 12.9 Å². The lowest BCUT2D eigenvalue weighted by Gasteiger charge is -2.05. The summed E-state index contributed by atoms with van der Waals surface area (Å²) in [6.45, 7) is 2.62. The highest BCUT2D eigenvalue weighted by Gasteiger charge is 2.19. The van der Waals surface area contributed by atoms with Crippen LogP contribution in [0.5, 0.6) is 5.75 Å². The molecule has 0 saturated heterocycles. The van der Waals surface area contributed by atoms with Crippen LogP contribution < -0.4 is 4.74 Å². The van der Waals surface area contributed by atoms with Gasteiger partial charge in [-0.2, -0.15) is 5.26 Å². The molecule has 0 spiro atoms. The van der Waals surface area contributed by atoms with Gasteiger partial charge in [0.15, 0.2) is 28.0 Å². The van der Waals surface area contributed by atoms with Crippen LogP contribution in [0.25, 0.3) is 22.6 Å². The van der Waals surface area contributed by atoms with Crippen molar-refractivity contribution < 1.29 is 13.9 Å². The van der Waals surface area contributed by atoms with Gasteiger partial charge < -0.3 is 9.15 Å². The molecule has 0 bridgehead atoms. The van der Waals surface area contributed by atoms with Gasteiger partial charge in [0.1, 0.15) is 0 Å². The van der Waals surface area contributed by atoms with Crippen molar-refractivity contribution >= 4 is 28.5 Å². The summed E-state index contributed by atoms with van der Waals surface area (Å²) in [4.78, 5) is 12.5. The number of fused-ring (bicyclic) bond motifs is 1. The van der Waals surface area contributed by atoms with Gasteiger partial charge in [0.2, 0.25) is 5.82 Å². The molecule has 2 heterocycles. The molecular weight excluding hydrogens is 400 g/mol. The molecule has 4 aromatic rings. The summed E-state index contributed by atoms with van der Waals surface area (Å²) in [6, 6.07) is 16.3.